The molecule has 1 aromatic heterocycles. The zero-order chi connectivity index (χ0) is 13.7. The van der Waals surface area contributed by atoms with E-state index in [0.29, 0.717) is 10.8 Å². The van der Waals surface area contributed by atoms with Crippen molar-refractivity contribution in [2.45, 2.75) is 0 Å². The Balaban J connectivity index is 1.95. The van der Waals surface area contributed by atoms with Crippen molar-refractivity contribution in [3.8, 4) is 5.75 Å². The molecule has 0 aliphatic rings. The fraction of sp³-hybridized carbons (Fsp3) is 0. The van der Waals surface area contributed by atoms with E-state index in [4.69, 9.17) is 16.3 Å². The van der Waals surface area contributed by atoms with Crippen LogP contribution < -0.4 is 10.1 Å². The summed E-state index contributed by atoms with van der Waals surface area (Å²) in [6, 6.07) is 11.3. The number of nitrogens with zero attached hydrogens (tertiary/aromatic N) is 1. The highest BCUT2D eigenvalue weighted by Gasteiger charge is 2.12. The molecular weight excluding hydrogens is 268 g/mol. The molecule has 0 aliphatic carbocycles. The van der Waals surface area contributed by atoms with Crippen LogP contribution in [-0.4, -0.2) is 17.0 Å². The maximum atomic E-state index is 11.6. The lowest BCUT2D eigenvalue weighted by molar-refractivity contribution is 0.0946. The largest absolute Gasteiger partial charge is 0.419 e. The van der Waals surface area contributed by atoms with Gasteiger partial charge in [-0.25, -0.2) is 9.78 Å². The van der Waals surface area contributed by atoms with Gasteiger partial charge in [0.05, 0.1) is 5.02 Å². The molecule has 0 saturated heterocycles. The highest BCUT2D eigenvalue weighted by atomic mass is 35.5. The number of nitrogens with one attached hydrogen (secondary N) is 1. The lowest BCUT2D eigenvalue weighted by Crippen LogP contribution is -2.33. The van der Waals surface area contributed by atoms with Crippen LogP contribution in [0.3, 0.4) is 0 Å². The van der Waals surface area contributed by atoms with Gasteiger partial charge < -0.3 is 4.74 Å². The number of hydrogen-bond donors (Lipinski definition) is 1. The summed E-state index contributed by atoms with van der Waals surface area (Å²) < 4.78 is 4.91. The van der Waals surface area contributed by atoms with Gasteiger partial charge in [0, 0.05) is 6.20 Å². The van der Waals surface area contributed by atoms with Gasteiger partial charge >= 0.3 is 6.09 Å². The van der Waals surface area contributed by atoms with Crippen LogP contribution in [0.5, 0.6) is 5.75 Å². The summed E-state index contributed by atoms with van der Waals surface area (Å²) in [5, 5.41) is 2.46. The number of imide groups is 1. The van der Waals surface area contributed by atoms with E-state index < -0.39 is 12.0 Å². The Bertz CT molecular complexity index is 585. The third-order valence-electron chi connectivity index (χ3n) is 2.13. The predicted molar refractivity (Wildman–Crippen MR) is 69.2 cm³/mol. The number of rotatable bonds is 2. The van der Waals surface area contributed by atoms with Crippen molar-refractivity contribution < 1.29 is 14.3 Å². The fourth-order valence-corrected chi connectivity index (χ4v) is 1.40. The summed E-state index contributed by atoms with van der Waals surface area (Å²) in [5.41, 5.74) is 0.0782. The Kier molecular flexibility index (Phi) is 4.10. The van der Waals surface area contributed by atoms with Gasteiger partial charge in [0.1, 0.15) is 11.4 Å². The van der Waals surface area contributed by atoms with Crippen LogP contribution in [-0.2, 0) is 0 Å². The summed E-state index contributed by atoms with van der Waals surface area (Å²) in [7, 11) is 0. The normalized spacial score (nSPS) is 9.74. The van der Waals surface area contributed by atoms with Crippen molar-refractivity contribution in [1.29, 1.82) is 0 Å². The zero-order valence-electron chi connectivity index (χ0n) is 9.67. The molecule has 19 heavy (non-hydrogen) atoms. The highest BCUT2D eigenvalue weighted by molar-refractivity contribution is 6.30. The van der Waals surface area contributed by atoms with E-state index in [9.17, 15) is 9.59 Å². The lowest BCUT2D eigenvalue weighted by atomic mass is 10.3. The first-order chi connectivity index (χ1) is 9.15. The molecule has 1 N–H and O–H groups in total. The molecule has 5 nitrogen and oxygen atoms in total. The average Bonchev–Trinajstić information content (AvgIpc) is 2.40. The Morgan fingerprint density at radius 2 is 1.84 bits per heavy atom. The van der Waals surface area contributed by atoms with Crippen LogP contribution in [0.2, 0.25) is 5.02 Å². The molecular formula is C13H9ClN2O3. The number of benzene rings is 1. The van der Waals surface area contributed by atoms with E-state index in [1.165, 1.54) is 18.3 Å². The van der Waals surface area contributed by atoms with Gasteiger partial charge in [-0.2, -0.15) is 0 Å². The van der Waals surface area contributed by atoms with E-state index in [1.807, 2.05) is 0 Å². The summed E-state index contributed by atoms with van der Waals surface area (Å²) in [4.78, 5) is 26.9. The number of carbonyl (C=O) groups excluding carboxylic acids is 2. The van der Waals surface area contributed by atoms with Gasteiger partial charge in [0.25, 0.3) is 5.91 Å². The molecule has 1 heterocycles. The minimum Gasteiger partial charge on any atom is -0.410 e. The van der Waals surface area contributed by atoms with Crippen molar-refractivity contribution in [3.05, 3.63) is 59.4 Å². The monoisotopic (exact) mass is 276 g/mol. The molecule has 0 atom stereocenters. The van der Waals surface area contributed by atoms with E-state index >= 15 is 0 Å². The summed E-state index contributed by atoms with van der Waals surface area (Å²) in [6.07, 6.45) is 0.451. The molecule has 2 amide bonds. The van der Waals surface area contributed by atoms with Gasteiger partial charge in [0.2, 0.25) is 0 Å². The van der Waals surface area contributed by atoms with Crippen molar-refractivity contribution in [2.24, 2.45) is 0 Å². The number of hydrogen-bond acceptors (Lipinski definition) is 4. The Morgan fingerprint density at radius 1 is 1.11 bits per heavy atom. The molecule has 0 radical (unpaired) electrons. The first-order valence-electron chi connectivity index (χ1n) is 5.35. The smallest absolute Gasteiger partial charge is 0.410 e. The van der Waals surface area contributed by atoms with Crippen molar-refractivity contribution >= 4 is 23.6 Å². The maximum absolute atomic E-state index is 11.6. The quantitative estimate of drug-likeness (QED) is 0.915. The van der Waals surface area contributed by atoms with Crippen LogP contribution in [0, 0.1) is 0 Å². The summed E-state index contributed by atoms with van der Waals surface area (Å²) in [5.74, 6) is -0.311. The van der Waals surface area contributed by atoms with Crippen LogP contribution in [0.15, 0.2) is 48.7 Å². The summed E-state index contributed by atoms with van der Waals surface area (Å²) >= 11 is 5.64. The van der Waals surface area contributed by atoms with Gasteiger partial charge in [-0.15, -0.1) is 0 Å². The zero-order valence-corrected chi connectivity index (χ0v) is 10.4. The molecule has 96 valence electrons. The molecule has 0 spiro atoms. The van der Waals surface area contributed by atoms with Crippen molar-refractivity contribution in [1.82, 2.24) is 10.3 Å². The van der Waals surface area contributed by atoms with Crippen molar-refractivity contribution in [2.75, 3.05) is 0 Å². The SMILES string of the molecule is O=C(NC(=O)c1ccc(Cl)cn1)Oc1ccccc1. The first-order valence-corrected chi connectivity index (χ1v) is 5.73. The van der Waals surface area contributed by atoms with Gasteiger partial charge in [-0.05, 0) is 24.3 Å². The second-order valence-electron chi connectivity index (χ2n) is 3.52. The fourth-order valence-electron chi connectivity index (χ4n) is 1.29. The third kappa shape index (κ3) is 3.79. The Labute approximate surface area is 114 Å². The minimum absolute atomic E-state index is 0.0782. The number of carbonyl (C=O) groups is 2. The molecule has 0 unspecified atom stereocenters. The van der Waals surface area contributed by atoms with Crippen LogP contribution >= 0.6 is 11.6 Å². The third-order valence-corrected chi connectivity index (χ3v) is 2.35. The molecule has 0 fully saturated rings. The number of para-hydroxylation sites is 1. The summed E-state index contributed by atoms with van der Waals surface area (Å²) in [6.45, 7) is 0. The highest BCUT2D eigenvalue weighted by Crippen LogP contribution is 2.09. The molecule has 0 saturated carbocycles. The Hall–Kier alpha value is -2.40. The van der Waals surface area contributed by atoms with E-state index in [1.54, 1.807) is 30.3 Å². The first kappa shape index (κ1) is 13.0. The predicted octanol–water partition coefficient (Wildman–Crippen LogP) is 2.66. The number of ether oxygens (including phenoxy) is 1. The van der Waals surface area contributed by atoms with Crippen LogP contribution in [0.25, 0.3) is 0 Å². The molecule has 0 bridgehead atoms. The maximum Gasteiger partial charge on any atom is 0.419 e. The number of aromatic nitrogens is 1. The lowest BCUT2D eigenvalue weighted by Gasteiger charge is -2.05. The molecule has 2 aromatic rings. The molecule has 0 aliphatic heterocycles. The number of halogens is 1. The van der Waals surface area contributed by atoms with Gasteiger partial charge in [0.15, 0.2) is 0 Å². The van der Waals surface area contributed by atoms with Gasteiger partial charge in [-0.1, -0.05) is 29.8 Å². The van der Waals surface area contributed by atoms with E-state index in [2.05, 4.69) is 10.3 Å². The molecule has 1 aromatic carbocycles. The topological polar surface area (TPSA) is 68.3 Å². The van der Waals surface area contributed by atoms with E-state index in [0.717, 1.165) is 0 Å². The second-order valence-corrected chi connectivity index (χ2v) is 3.95. The number of pyridine rings is 1. The van der Waals surface area contributed by atoms with E-state index in [-0.39, 0.29) is 5.69 Å². The van der Waals surface area contributed by atoms with Crippen molar-refractivity contribution in [3.63, 3.8) is 0 Å². The van der Waals surface area contributed by atoms with Gasteiger partial charge in [-0.3, -0.25) is 10.1 Å². The second kappa shape index (κ2) is 5.97. The molecule has 2 rings (SSSR count). The minimum atomic E-state index is -0.868. The van der Waals surface area contributed by atoms with Crippen LogP contribution in [0.4, 0.5) is 4.79 Å². The average molecular weight is 277 g/mol. The molecule has 6 heteroatoms. The Morgan fingerprint density at radius 3 is 2.47 bits per heavy atom. The standard InChI is InChI=1S/C13H9ClN2O3/c14-9-6-7-11(15-8-9)12(17)16-13(18)19-10-4-2-1-3-5-10/h1-8H,(H,16,17,18). The number of amides is 2. The van der Waals surface area contributed by atoms with Crippen LogP contribution in [0.1, 0.15) is 10.5 Å².